The molecule has 90 valence electrons. The van der Waals surface area contributed by atoms with Gasteiger partial charge in [0.2, 0.25) is 5.88 Å². The first-order valence-corrected chi connectivity index (χ1v) is 5.53. The smallest absolute Gasteiger partial charge is 0.214 e. The van der Waals surface area contributed by atoms with Gasteiger partial charge in [-0.15, -0.1) is 0 Å². The average molecular weight is 223 g/mol. The van der Waals surface area contributed by atoms with E-state index in [2.05, 4.69) is 29.3 Å². The molecule has 0 atom stereocenters. The molecule has 1 aromatic heterocycles. The Labute approximate surface area is 97.6 Å². The highest BCUT2D eigenvalue weighted by atomic mass is 16.5. The van der Waals surface area contributed by atoms with Gasteiger partial charge < -0.3 is 15.0 Å². The Hall–Kier alpha value is -1.29. The van der Waals surface area contributed by atoms with Crippen molar-refractivity contribution >= 4 is 5.82 Å². The zero-order valence-corrected chi connectivity index (χ0v) is 10.6. The lowest BCUT2D eigenvalue weighted by Crippen LogP contribution is -2.17. The van der Waals surface area contributed by atoms with Crippen molar-refractivity contribution in [2.75, 3.05) is 39.6 Å². The van der Waals surface area contributed by atoms with Gasteiger partial charge in [-0.2, -0.15) is 4.98 Å². The third kappa shape index (κ3) is 4.06. The molecular formula is C12H21N3O. The number of aryl methyl sites for hydroxylation is 1. The Morgan fingerprint density at radius 2 is 2.12 bits per heavy atom. The van der Waals surface area contributed by atoms with E-state index in [4.69, 9.17) is 4.74 Å². The van der Waals surface area contributed by atoms with Crippen molar-refractivity contribution in [2.24, 2.45) is 0 Å². The van der Waals surface area contributed by atoms with E-state index >= 15 is 0 Å². The minimum absolute atomic E-state index is 0.653. The maximum atomic E-state index is 5.10. The highest BCUT2D eigenvalue weighted by Gasteiger charge is 2.01. The zero-order valence-electron chi connectivity index (χ0n) is 10.6. The fraction of sp³-hybridized carbons (Fsp3) is 0.583. The number of ether oxygens (including phenoxy) is 1. The van der Waals surface area contributed by atoms with E-state index in [9.17, 15) is 0 Å². The summed E-state index contributed by atoms with van der Waals surface area (Å²) >= 11 is 0. The number of hydrogen-bond acceptors (Lipinski definition) is 4. The maximum absolute atomic E-state index is 5.10. The molecule has 0 spiro atoms. The fourth-order valence-electron chi connectivity index (χ4n) is 1.41. The molecule has 0 bridgehead atoms. The van der Waals surface area contributed by atoms with Crippen molar-refractivity contribution < 1.29 is 4.74 Å². The molecule has 0 unspecified atom stereocenters. The molecule has 4 nitrogen and oxygen atoms in total. The SMILES string of the molecule is COc1ccc(C)c(NCCCN(C)C)n1. The van der Waals surface area contributed by atoms with E-state index in [0.717, 1.165) is 30.9 Å². The molecule has 0 aliphatic rings. The Bertz CT molecular complexity index is 326. The molecule has 4 heteroatoms. The lowest BCUT2D eigenvalue weighted by atomic mass is 10.3. The summed E-state index contributed by atoms with van der Waals surface area (Å²) in [4.78, 5) is 6.53. The van der Waals surface area contributed by atoms with Crippen LogP contribution in [0.15, 0.2) is 12.1 Å². The van der Waals surface area contributed by atoms with Crippen LogP contribution in [0.25, 0.3) is 0 Å². The largest absolute Gasteiger partial charge is 0.481 e. The Kier molecular flexibility index (Phi) is 5.05. The molecule has 0 saturated heterocycles. The average Bonchev–Trinajstić information content (AvgIpc) is 2.26. The number of hydrogen-bond donors (Lipinski definition) is 1. The van der Waals surface area contributed by atoms with E-state index in [0.29, 0.717) is 5.88 Å². The van der Waals surface area contributed by atoms with Crippen molar-refractivity contribution in [3.05, 3.63) is 17.7 Å². The first kappa shape index (κ1) is 12.8. The summed E-state index contributed by atoms with van der Waals surface area (Å²) in [5.74, 6) is 1.57. The molecule has 1 aromatic rings. The fourth-order valence-corrected chi connectivity index (χ4v) is 1.41. The molecule has 1 N–H and O–H groups in total. The van der Waals surface area contributed by atoms with Crippen molar-refractivity contribution in [1.82, 2.24) is 9.88 Å². The zero-order chi connectivity index (χ0) is 12.0. The second kappa shape index (κ2) is 6.33. The van der Waals surface area contributed by atoms with Crippen LogP contribution in [-0.4, -0.2) is 44.2 Å². The van der Waals surface area contributed by atoms with Crippen LogP contribution >= 0.6 is 0 Å². The number of rotatable bonds is 6. The van der Waals surface area contributed by atoms with E-state index in [-0.39, 0.29) is 0 Å². The summed E-state index contributed by atoms with van der Waals surface area (Å²) in [5, 5.41) is 3.33. The molecule has 0 fully saturated rings. The van der Waals surface area contributed by atoms with Crippen molar-refractivity contribution in [1.29, 1.82) is 0 Å². The number of pyridine rings is 1. The second-order valence-electron chi connectivity index (χ2n) is 4.10. The van der Waals surface area contributed by atoms with E-state index in [1.54, 1.807) is 7.11 Å². The van der Waals surface area contributed by atoms with Gasteiger partial charge in [-0.1, -0.05) is 6.07 Å². The van der Waals surface area contributed by atoms with Gasteiger partial charge in [-0.25, -0.2) is 0 Å². The highest BCUT2D eigenvalue weighted by Crippen LogP contribution is 2.16. The highest BCUT2D eigenvalue weighted by molar-refractivity contribution is 5.45. The number of aromatic nitrogens is 1. The van der Waals surface area contributed by atoms with Gasteiger partial charge in [0, 0.05) is 12.6 Å². The predicted molar refractivity (Wildman–Crippen MR) is 67.2 cm³/mol. The number of methoxy groups -OCH3 is 1. The second-order valence-corrected chi connectivity index (χ2v) is 4.10. The normalized spacial score (nSPS) is 10.6. The van der Waals surface area contributed by atoms with Gasteiger partial charge in [0.05, 0.1) is 7.11 Å². The topological polar surface area (TPSA) is 37.4 Å². The van der Waals surface area contributed by atoms with Gasteiger partial charge in [0.25, 0.3) is 0 Å². The van der Waals surface area contributed by atoms with E-state index < -0.39 is 0 Å². The Balaban J connectivity index is 2.46. The van der Waals surface area contributed by atoms with Crippen LogP contribution in [-0.2, 0) is 0 Å². The first-order valence-electron chi connectivity index (χ1n) is 5.53. The third-order valence-electron chi connectivity index (χ3n) is 2.36. The van der Waals surface area contributed by atoms with E-state index in [1.165, 1.54) is 0 Å². The van der Waals surface area contributed by atoms with Crippen LogP contribution in [0, 0.1) is 6.92 Å². The Morgan fingerprint density at radius 3 is 2.75 bits per heavy atom. The van der Waals surface area contributed by atoms with Gasteiger partial charge in [-0.05, 0) is 39.5 Å². The van der Waals surface area contributed by atoms with Crippen molar-refractivity contribution in [3.63, 3.8) is 0 Å². The van der Waals surface area contributed by atoms with Gasteiger partial charge in [0.1, 0.15) is 5.82 Å². The van der Waals surface area contributed by atoms with Gasteiger partial charge in [-0.3, -0.25) is 0 Å². The molecule has 1 heterocycles. The van der Waals surface area contributed by atoms with Crippen LogP contribution in [0.2, 0.25) is 0 Å². The summed E-state index contributed by atoms with van der Waals surface area (Å²) in [6.45, 7) is 4.05. The van der Waals surface area contributed by atoms with Gasteiger partial charge >= 0.3 is 0 Å². The van der Waals surface area contributed by atoms with Crippen LogP contribution in [0.3, 0.4) is 0 Å². The first-order chi connectivity index (χ1) is 7.63. The number of anilines is 1. The Morgan fingerprint density at radius 1 is 1.38 bits per heavy atom. The monoisotopic (exact) mass is 223 g/mol. The number of nitrogens with zero attached hydrogens (tertiary/aromatic N) is 2. The lowest BCUT2D eigenvalue weighted by molar-refractivity contribution is 0.397. The molecule has 16 heavy (non-hydrogen) atoms. The van der Waals surface area contributed by atoms with Crippen molar-refractivity contribution in [2.45, 2.75) is 13.3 Å². The maximum Gasteiger partial charge on any atom is 0.214 e. The molecule has 0 radical (unpaired) electrons. The summed E-state index contributed by atoms with van der Waals surface area (Å²) in [6, 6.07) is 3.89. The third-order valence-corrected chi connectivity index (χ3v) is 2.36. The van der Waals surface area contributed by atoms with Crippen molar-refractivity contribution in [3.8, 4) is 5.88 Å². The predicted octanol–water partition coefficient (Wildman–Crippen LogP) is 1.76. The standard InChI is InChI=1S/C12H21N3O/c1-10-6-7-11(16-4)14-12(10)13-8-5-9-15(2)3/h6-7H,5,8-9H2,1-4H3,(H,13,14). The molecule has 0 saturated carbocycles. The van der Waals surface area contributed by atoms with Crippen LogP contribution in [0.1, 0.15) is 12.0 Å². The lowest BCUT2D eigenvalue weighted by Gasteiger charge is -2.12. The van der Waals surface area contributed by atoms with Gasteiger partial charge in [0.15, 0.2) is 0 Å². The molecule has 0 aromatic carbocycles. The molecule has 0 aliphatic heterocycles. The van der Waals surface area contributed by atoms with Crippen LogP contribution in [0.5, 0.6) is 5.88 Å². The van der Waals surface area contributed by atoms with Crippen LogP contribution in [0.4, 0.5) is 5.82 Å². The number of nitrogens with one attached hydrogen (secondary N) is 1. The van der Waals surface area contributed by atoms with Crippen LogP contribution < -0.4 is 10.1 Å². The minimum Gasteiger partial charge on any atom is -0.481 e. The summed E-state index contributed by atoms with van der Waals surface area (Å²) in [7, 11) is 5.79. The minimum atomic E-state index is 0.653. The molecular weight excluding hydrogens is 202 g/mol. The molecule has 0 amide bonds. The quantitative estimate of drug-likeness (QED) is 0.746. The van der Waals surface area contributed by atoms with E-state index in [1.807, 2.05) is 19.1 Å². The molecule has 1 rings (SSSR count). The summed E-state index contributed by atoms with van der Waals surface area (Å²) < 4.78 is 5.10. The summed E-state index contributed by atoms with van der Waals surface area (Å²) in [5.41, 5.74) is 1.14. The molecule has 0 aliphatic carbocycles. The summed E-state index contributed by atoms with van der Waals surface area (Å²) in [6.07, 6.45) is 1.10.